The molecule has 1 atom stereocenters. The van der Waals surface area contributed by atoms with Crippen molar-refractivity contribution >= 4 is 11.9 Å². The van der Waals surface area contributed by atoms with Gasteiger partial charge in [0.25, 0.3) is 0 Å². The van der Waals surface area contributed by atoms with Gasteiger partial charge in [-0.05, 0) is 24.1 Å². The molecule has 5 heteroatoms. The van der Waals surface area contributed by atoms with Crippen molar-refractivity contribution < 1.29 is 19.1 Å². The van der Waals surface area contributed by atoms with Gasteiger partial charge in [0.05, 0.1) is 5.92 Å². The second-order valence-corrected chi connectivity index (χ2v) is 4.35. The van der Waals surface area contributed by atoms with Gasteiger partial charge >= 0.3 is 5.97 Å². The Bertz CT molecular complexity index is 431. The second-order valence-electron chi connectivity index (χ2n) is 4.35. The molecular formula is C14H18FNO3. The van der Waals surface area contributed by atoms with Gasteiger partial charge in [0.1, 0.15) is 5.82 Å². The van der Waals surface area contributed by atoms with Crippen LogP contribution in [0, 0.1) is 5.82 Å². The van der Waals surface area contributed by atoms with Crippen molar-refractivity contribution in [1.82, 2.24) is 5.32 Å². The zero-order valence-corrected chi connectivity index (χ0v) is 10.9. The maximum absolute atomic E-state index is 12.8. The van der Waals surface area contributed by atoms with Crippen molar-refractivity contribution in [2.24, 2.45) is 0 Å². The molecule has 104 valence electrons. The summed E-state index contributed by atoms with van der Waals surface area (Å²) in [4.78, 5) is 22.6. The number of hydrogen-bond acceptors (Lipinski definition) is 2. The van der Waals surface area contributed by atoms with Crippen molar-refractivity contribution in [3.63, 3.8) is 0 Å². The number of amides is 1. The van der Waals surface area contributed by atoms with E-state index in [4.69, 9.17) is 5.11 Å². The molecule has 19 heavy (non-hydrogen) atoms. The van der Waals surface area contributed by atoms with E-state index in [-0.39, 0.29) is 12.5 Å². The van der Waals surface area contributed by atoms with Crippen LogP contribution in [0.15, 0.2) is 24.3 Å². The van der Waals surface area contributed by atoms with Crippen LogP contribution in [0.25, 0.3) is 0 Å². The molecule has 0 fully saturated rings. The van der Waals surface area contributed by atoms with Crippen molar-refractivity contribution in [1.29, 1.82) is 0 Å². The Hall–Kier alpha value is -1.91. The number of carboxylic acids is 1. The first-order valence-electron chi connectivity index (χ1n) is 6.29. The number of carbonyl (C=O) groups is 2. The minimum absolute atomic E-state index is 0.0174. The zero-order chi connectivity index (χ0) is 14.3. The third kappa shape index (κ3) is 5.07. The van der Waals surface area contributed by atoms with Gasteiger partial charge in [-0.1, -0.05) is 25.5 Å². The largest absolute Gasteiger partial charge is 0.481 e. The van der Waals surface area contributed by atoms with E-state index < -0.39 is 17.7 Å². The van der Waals surface area contributed by atoms with Gasteiger partial charge in [0.15, 0.2) is 0 Å². The molecule has 1 aromatic carbocycles. The molecule has 2 N–H and O–H groups in total. The molecule has 0 saturated carbocycles. The normalized spacial score (nSPS) is 11.9. The molecule has 1 aromatic rings. The van der Waals surface area contributed by atoms with Crippen LogP contribution in [-0.2, 0) is 9.59 Å². The quantitative estimate of drug-likeness (QED) is 0.796. The second kappa shape index (κ2) is 7.51. The van der Waals surface area contributed by atoms with E-state index in [0.29, 0.717) is 12.0 Å². The molecule has 0 saturated heterocycles. The van der Waals surface area contributed by atoms with Crippen molar-refractivity contribution in [2.45, 2.75) is 32.1 Å². The fourth-order valence-electron chi connectivity index (χ4n) is 1.68. The summed E-state index contributed by atoms with van der Waals surface area (Å²) in [5, 5.41) is 11.7. The smallest absolute Gasteiger partial charge is 0.312 e. The molecule has 0 aliphatic rings. The average Bonchev–Trinajstić information content (AvgIpc) is 2.38. The van der Waals surface area contributed by atoms with Gasteiger partial charge in [0.2, 0.25) is 5.91 Å². The minimum atomic E-state index is -1.04. The molecule has 0 aliphatic carbocycles. The number of aliphatic carboxylic acids is 1. The van der Waals surface area contributed by atoms with E-state index in [1.807, 2.05) is 6.92 Å². The van der Waals surface area contributed by atoms with Crippen LogP contribution in [0.5, 0.6) is 0 Å². The van der Waals surface area contributed by atoms with Gasteiger partial charge in [-0.25, -0.2) is 4.39 Å². The van der Waals surface area contributed by atoms with Crippen LogP contribution in [-0.4, -0.2) is 23.5 Å². The number of rotatable bonds is 7. The molecule has 4 nitrogen and oxygen atoms in total. The van der Waals surface area contributed by atoms with E-state index in [1.165, 1.54) is 24.3 Å². The lowest BCUT2D eigenvalue weighted by Gasteiger charge is -2.13. The number of carbonyl (C=O) groups excluding carboxylic acids is 1. The Kier molecular flexibility index (Phi) is 5.99. The fourth-order valence-corrected chi connectivity index (χ4v) is 1.68. The van der Waals surface area contributed by atoms with Crippen LogP contribution in [0.3, 0.4) is 0 Å². The summed E-state index contributed by atoms with van der Waals surface area (Å²) in [5.74, 6) is -2.47. The lowest BCUT2D eigenvalue weighted by Crippen LogP contribution is -2.31. The highest BCUT2D eigenvalue weighted by Crippen LogP contribution is 2.16. The molecule has 1 unspecified atom stereocenters. The predicted molar refractivity (Wildman–Crippen MR) is 69.3 cm³/mol. The molecule has 0 aromatic heterocycles. The maximum Gasteiger partial charge on any atom is 0.312 e. The molecule has 0 aliphatic heterocycles. The van der Waals surface area contributed by atoms with E-state index in [9.17, 15) is 14.0 Å². The van der Waals surface area contributed by atoms with Crippen LogP contribution in [0.4, 0.5) is 4.39 Å². The van der Waals surface area contributed by atoms with Gasteiger partial charge in [0, 0.05) is 13.0 Å². The number of unbranched alkanes of at least 4 members (excludes halogenated alkanes) is 1. The van der Waals surface area contributed by atoms with E-state index in [0.717, 1.165) is 12.8 Å². The SMILES string of the molecule is CCCCC(=O)NCC(C(=O)O)c1ccc(F)cc1. The number of halogens is 1. The fraction of sp³-hybridized carbons (Fsp3) is 0.429. The summed E-state index contributed by atoms with van der Waals surface area (Å²) in [6, 6.07) is 5.27. The summed E-state index contributed by atoms with van der Waals surface area (Å²) in [6.45, 7) is 2.00. The maximum atomic E-state index is 12.8. The highest BCUT2D eigenvalue weighted by atomic mass is 19.1. The standard InChI is InChI=1S/C14H18FNO3/c1-2-3-4-13(17)16-9-12(14(18)19)10-5-7-11(15)8-6-10/h5-8,12H,2-4,9H2,1H3,(H,16,17)(H,18,19). The summed E-state index contributed by atoms with van der Waals surface area (Å²) in [5.41, 5.74) is 0.477. The average molecular weight is 267 g/mol. The van der Waals surface area contributed by atoms with Crippen LogP contribution >= 0.6 is 0 Å². The number of carboxylic acid groups (broad SMARTS) is 1. The van der Waals surface area contributed by atoms with Gasteiger partial charge in [-0.2, -0.15) is 0 Å². The topological polar surface area (TPSA) is 66.4 Å². The third-order valence-corrected chi connectivity index (χ3v) is 2.83. The Balaban J connectivity index is 2.61. The molecule has 0 radical (unpaired) electrons. The van der Waals surface area contributed by atoms with Crippen molar-refractivity contribution in [3.8, 4) is 0 Å². The summed E-state index contributed by atoms with van der Waals surface area (Å²) < 4.78 is 12.8. The van der Waals surface area contributed by atoms with Gasteiger partial charge in [-0.3, -0.25) is 9.59 Å². The third-order valence-electron chi connectivity index (χ3n) is 2.83. The Labute approximate surface area is 111 Å². The van der Waals surface area contributed by atoms with Crippen LogP contribution in [0.1, 0.15) is 37.7 Å². The Morgan fingerprint density at radius 1 is 1.32 bits per heavy atom. The Morgan fingerprint density at radius 3 is 2.47 bits per heavy atom. The monoisotopic (exact) mass is 267 g/mol. The Morgan fingerprint density at radius 2 is 1.95 bits per heavy atom. The first kappa shape index (κ1) is 15.1. The van der Waals surface area contributed by atoms with Crippen molar-refractivity contribution in [2.75, 3.05) is 6.54 Å². The zero-order valence-electron chi connectivity index (χ0n) is 10.9. The summed E-state index contributed by atoms with van der Waals surface area (Å²) in [6.07, 6.45) is 2.08. The lowest BCUT2D eigenvalue weighted by atomic mass is 9.99. The highest BCUT2D eigenvalue weighted by molar-refractivity contribution is 5.79. The molecule has 0 spiro atoms. The molecule has 0 bridgehead atoms. The number of hydrogen-bond donors (Lipinski definition) is 2. The lowest BCUT2D eigenvalue weighted by molar-refractivity contribution is -0.138. The van der Waals surface area contributed by atoms with Gasteiger partial charge < -0.3 is 10.4 Å². The van der Waals surface area contributed by atoms with E-state index in [1.54, 1.807) is 0 Å². The van der Waals surface area contributed by atoms with Crippen molar-refractivity contribution in [3.05, 3.63) is 35.6 Å². The summed E-state index contributed by atoms with van der Waals surface area (Å²) in [7, 11) is 0. The number of benzene rings is 1. The number of nitrogens with one attached hydrogen (secondary N) is 1. The molecule has 1 amide bonds. The molecule has 1 rings (SSSR count). The van der Waals surface area contributed by atoms with Crippen LogP contribution in [0.2, 0.25) is 0 Å². The molecular weight excluding hydrogens is 249 g/mol. The van der Waals surface area contributed by atoms with Gasteiger partial charge in [-0.15, -0.1) is 0 Å². The first-order chi connectivity index (χ1) is 9.04. The van der Waals surface area contributed by atoms with E-state index >= 15 is 0 Å². The van der Waals surface area contributed by atoms with E-state index in [2.05, 4.69) is 5.32 Å². The van der Waals surface area contributed by atoms with Crippen LogP contribution < -0.4 is 5.32 Å². The first-order valence-corrected chi connectivity index (χ1v) is 6.29. The minimum Gasteiger partial charge on any atom is -0.481 e. The highest BCUT2D eigenvalue weighted by Gasteiger charge is 2.20. The summed E-state index contributed by atoms with van der Waals surface area (Å²) >= 11 is 0. The predicted octanol–water partition coefficient (Wildman–Crippen LogP) is 2.30. The molecule has 0 heterocycles.